The molecule has 0 unspecified atom stereocenters. The van der Waals surface area contributed by atoms with Crippen molar-refractivity contribution in [1.29, 1.82) is 5.26 Å². The molecule has 1 aromatic rings. The first-order chi connectivity index (χ1) is 6.61. The second kappa shape index (κ2) is 4.25. The van der Waals surface area contributed by atoms with Crippen LogP contribution >= 0.6 is 15.9 Å². The van der Waals surface area contributed by atoms with Crippen LogP contribution in [0.25, 0.3) is 0 Å². The summed E-state index contributed by atoms with van der Waals surface area (Å²) in [4.78, 5) is 11.5. The minimum absolute atomic E-state index is 0.164. The molecule has 0 atom stereocenters. The molecule has 0 heterocycles. The summed E-state index contributed by atoms with van der Waals surface area (Å²) in [5.41, 5.74) is 7.61. The molecule has 0 aromatic heterocycles. The SMILES string of the molecule is Cc1ccc(C#N)c(C(=O)CBr)c1N. The number of ketones is 1. The topological polar surface area (TPSA) is 66.9 Å². The zero-order valence-electron chi connectivity index (χ0n) is 7.67. The van der Waals surface area contributed by atoms with Crippen LogP contribution < -0.4 is 5.73 Å². The highest BCUT2D eigenvalue weighted by Gasteiger charge is 2.15. The first-order valence-corrected chi connectivity index (χ1v) is 5.12. The number of nitriles is 1. The van der Waals surface area contributed by atoms with Crippen LogP contribution in [0.5, 0.6) is 0 Å². The van der Waals surface area contributed by atoms with Crippen LogP contribution in [0.2, 0.25) is 0 Å². The summed E-state index contributed by atoms with van der Waals surface area (Å²) in [6.45, 7) is 1.81. The predicted molar refractivity (Wildman–Crippen MR) is 58.4 cm³/mol. The van der Waals surface area contributed by atoms with E-state index in [0.717, 1.165) is 5.56 Å². The molecule has 14 heavy (non-hydrogen) atoms. The van der Waals surface area contributed by atoms with Crippen molar-refractivity contribution < 1.29 is 4.79 Å². The van der Waals surface area contributed by atoms with Crippen molar-refractivity contribution in [1.82, 2.24) is 0 Å². The summed E-state index contributed by atoms with van der Waals surface area (Å²) < 4.78 is 0. The van der Waals surface area contributed by atoms with Gasteiger partial charge in [0.25, 0.3) is 0 Å². The Hall–Kier alpha value is -1.34. The Labute approximate surface area is 90.7 Å². The average molecular weight is 253 g/mol. The van der Waals surface area contributed by atoms with Crippen molar-refractivity contribution in [2.75, 3.05) is 11.1 Å². The molecule has 0 radical (unpaired) electrons. The molecule has 0 aliphatic carbocycles. The summed E-state index contributed by atoms with van der Waals surface area (Å²) in [5, 5.41) is 8.98. The van der Waals surface area contributed by atoms with Crippen LogP contribution in [0.15, 0.2) is 12.1 Å². The Bertz CT molecular complexity index is 421. The third-order valence-electron chi connectivity index (χ3n) is 1.98. The molecule has 1 rings (SSSR count). The van der Waals surface area contributed by atoms with Crippen molar-refractivity contribution >= 4 is 27.4 Å². The smallest absolute Gasteiger partial charge is 0.176 e. The van der Waals surface area contributed by atoms with Crippen LogP contribution in [0.3, 0.4) is 0 Å². The number of anilines is 1. The maximum atomic E-state index is 11.5. The average Bonchev–Trinajstić information content (AvgIpc) is 2.20. The molecular formula is C10H9BrN2O. The number of nitrogen functional groups attached to an aromatic ring is 1. The highest BCUT2D eigenvalue weighted by Crippen LogP contribution is 2.21. The molecule has 0 fully saturated rings. The van der Waals surface area contributed by atoms with Crippen LogP contribution in [0.4, 0.5) is 5.69 Å². The van der Waals surface area contributed by atoms with E-state index in [4.69, 9.17) is 11.0 Å². The number of Topliss-reactive ketones (excluding diaryl/α,β-unsaturated/α-hetero) is 1. The number of nitrogens with zero attached hydrogens (tertiary/aromatic N) is 1. The number of halogens is 1. The number of alkyl halides is 1. The summed E-state index contributed by atoms with van der Waals surface area (Å²) in [6, 6.07) is 5.30. The van der Waals surface area contributed by atoms with Crippen molar-refractivity contribution in [2.45, 2.75) is 6.92 Å². The fraction of sp³-hybridized carbons (Fsp3) is 0.200. The summed E-state index contributed by atoms with van der Waals surface area (Å²) in [7, 11) is 0. The molecule has 0 spiro atoms. The van der Waals surface area contributed by atoms with Crippen molar-refractivity contribution in [3.05, 3.63) is 28.8 Å². The molecule has 0 aliphatic heterocycles. The minimum atomic E-state index is -0.164. The number of carbonyl (C=O) groups excluding carboxylic acids is 1. The summed E-state index contributed by atoms with van der Waals surface area (Å²) >= 11 is 3.06. The van der Waals surface area contributed by atoms with Crippen molar-refractivity contribution in [3.8, 4) is 6.07 Å². The Morgan fingerprint density at radius 3 is 2.79 bits per heavy atom. The fourth-order valence-corrected chi connectivity index (χ4v) is 1.46. The van der Waals surface area contributed by atoms with E-state index in [-0.39, 0.29) is 11.1 Å². The van der Waals surface area contributed by atoms with Crippen LogP contribution in [0.1, 0.15) is 21.5 Å². The van der Waals surface area contributed by atoms with E-state index in [1.807, 2.05) is 13.0 Å². The summed E-state index contributed by atoms with van der Waals surface area (Å²) in [5.74, 6) is -0.164. The number of hydrogen-bond acceptors (Lipinski definition) is 3. The van der Waals surface area contributed by atoms with E-state index in [0.29, 0.717) is 16.8 Å². The second-order valence-corrected chi connectivity index (χ2v) is 3.45. The van der Waals surface area contributed by atoms with Gasteiger partial charge >= 0.3 is 0 Å². The summed E-state index contributed by atoms with van der Waals surface area (Å²) in [6.07, 6.45) is 0. The zero-order chi connectivity index (χ0) is 10.7. The third kappa shape index (κ3) is 1.78. The van der Waals surface area contributed by atoms with Crippen LogP contribution in [0, 0.1) is 18.3 Å². The Morgan fingerprint density at radius 2 is 2.29 bits per heavy atom. The molecule has 1 aromatic carbocycles. The molecule has 0 amide bonds. The lowest BCUT2D eigenvalue weighted by Gasteiger charge is -2.07. The molecule has 72 valence electrons. The van der Waals surface area contributed by atoms with Gasteiger partial charge in [0.15, 0.2) is 5.78 Å². The van der Waals surface area contributed by atoms with Gasteiger partial charge in [0.1, 0.15) is 0 Å². The monoisotopic (exact) mass is 252 g/mol. The first kappa shape index (κ1) is 10.7. The van der Waals surface area contributed by atoms with E-state index >= 15 is 0 Å². The van der Waals surface area contributed by atoms with Gasteiger partial charge in [-0.05, 0) is 18.6 Å². The number of carbonyl (C=O) groups is 1. The van der Waals surface area contributed by atoms with Gasteiger partial charge < -0.3 is 5.73 Å². The van der Waals surface area contributed by atoms with Gasteiger partial charge in [-0.25, -0.2) is 0 Å². The molecule has 0 bridgehead atoms. The van der Waals surface area contributed by atoms with Crippen molar-refractivity contribution in [3.63, 3.8) is 0 Å². The fourth-order valence-electron chi connectivity index (χ4n) is 1.18. The largest absolute Gasteiger partial charge is 0.398 e. The highest BCUT2D eigenvalue weighted by atomic mass is 79.9. The van der Waals surface area contributed by atoms with Gasteiger partial charge in [-0.2, -0.15) is 5.26 Å². The molecule has 0 saturated heterocycles. The van der Waals surface area contributed by atoms with Gasteiger partial charge in [0, 0.05) is 5.69 Å². The Balaban J connectivity index is 3.45. The zero-order valence-corrected chi connectivity index (χ0v) is 9.26. The number of aryl methyl sites for hydroxylation is 1. The normalized spacial score (nSPS) is 9.50. The number of benzene rings is 1. The molecule has 2 N–H and O–H groups in total. The lowest BCUT2D eigenvalue weighted by molar-refractivity contribution is 0.102. The van der Waals surface area contributed by atoms with E-state index in [1.165, 1.54) is 0 Å². The van der Waals surface area contributed by atoms with Gasteiger partial charge in [-0.15, -0.1) is 0 Å². The predicted octanol–water partition coefficient (Wildman–Crippen LogP) is 2.03. The van der Waals surface area contributed by atoms with Crippen molar-refractivity contribution in [2.24, 2.45) is 0 Å². The molecule has 3 nitrogen and oxygen atoms in total. The molecule has 4 heteroatoms. The second-order valence-electron chi connectivity index (χ2n) is 2.89. The minimum Gasteiger partial charge on any atom is -0.398 e. The third-order valence-corrected chi connectivity index (χ3v) is 2.49. The Kier molecular flexibility index (Phi) is 3.26. The standard InChI is InChI=1S/C10H9BrN2O/c1-6-2-3-7(5-12)9(10(6)13)8(14)4-11/h2-3H,4,13H2,1H3. The highest BCUT2D eigenvalue weighted by molar-refractivity contribution is 9.09. The lowest BCUT2D eigenvalue weighted by Crippen LogP contribution is -2.08. The van der Waals surface area contributed by atoms with Crippen LogP contribution in [-0.2, 0) is 0 Å². The quantitative estimate of drug-likeness (QED) is 0.498. The molecule has 0 aliphatic rings. The van der Waals surface area contributed by atoms with Gasteiger partial charge in [0.2, 0.25) is 0 Å². The maximum absolute atomic E-state index is 11.5. The first-order valence-electron chi connectivity index (χ1n) is 4.00. The Morgan fingerprint density at radius 1 is 1.64 bits per heavy atom. The number of rotatable bonds is 2. The van der Waals surface area contributed by atoms with E-state index in [1.54, 1.807) is 12.1 Å². The van der Waals surface area contributed by atoms with Gasteiger partial charge in [-0.1, -0.05) is 22.0 Å². The molecular weight excluding hydrogens is 244 g/mol. The molecule has 0 saturated carbocycles. The van der Waals surface area contributed by atoms with Crippen LogP contribution in [-0.4, -0.2) is 11.1 Å². The van der Waals surface area contributed by atoms with E-state index in [9.17, 15) is 4.79 Å². The maximum Gasteiger partial charge on any atom is 0.176 e. The lowest BCUT2D eigenvalue weighted by atomic mass is 10.00. The number of nitrogens with two attached hydrogens (primary N) is 1. The van der Waals surface area contributed by atoms with Gasteiger partial charge in [-0.3, -0.25) is 4.79 Å². The van der Waals surface area contributed by atoms with Gasteiger partial charge in [0.05, 0.1) is 22.5 Å². The van der Waals surface area contributed by atoms with E-state index < -0.39 is 0 Å². The van der Waals surface area contributed by atoms with E-state index in [2.05, 4.69) is 15.9 Å². The number of hydrogen-bond donors (Lipinski definition) is 1.